The van der Waals surface area contributed by atoms with Crippen LogP contribution >= 0.6 is 0 Å². The summed E-state index contributed by atoms with van der Waals surface area (Å²) in [4.78, 5) is 13.3. The molecule has 1 heterocycles. The van der Waals surface area contributed by atoms with Crippen molar-refractivity contribution in [1.29, 1.82) is 0 Å². The Labute approximate surface area is 174 Å². The van der Waals surface area contributed by atoms with Crippen LogP contribution in [0, 0.1) is 0 Å². The summed E-state index contributed by atoms with van der Waals surface area (Å²) < 4.78 is 10.4. The van der Waals surface area contributed by atoms with Crippen LogP contribution in [0.2, 0.25) is 0 Å². The van der Waals surface area contributed by atoms with E-state index in [0.717, 1.165) is 22.4 Å². The summed E-state index contributed by atoms with van der Waals surface area (Å²) in [6.45, 7) is 2.52. The second kappa shape index (κ2) is 9.05. The lowest BCUT2D eigenvalue weighted by molar-refractivity contribution is -0.116. The van der Waals surface area contributed by atoms with Gasteiger partial charge in [0, 0.05) is 5.56 Å². The summed E-state index contributed by atoms with van der Waals surface area (Å²) in [5.41, 5.74) is 3.01. The predicted molar refractivity (Wildman–Crippen MR) is 114 cm³/mol. The van der Waals surface area contributed by atoms with Crippen molar-refractivity contribution in [1.82, 2.24) is 10.3 Å². The minimum atomic E-state index is -0.489. The first-order chi connectivity index (χ1) is 14.8. The van der Waals surface area contributed by atoms with Crippen LogP contribution in [0.15, 0.2) is 89.6 Å². The zero-order valence-electron chi connectivity index (χ0n) is 16.5. The lowest BCUT2D eigenvalue weighted by atomic mass is 9.90. The summed E-state index contributed by atoms with van der Waals surface area (Å²) in [7, 11) is 0. The first kappa shape index (κ1) is 19.4. The Kier molecular flexibility index (Phi) is 5.85. The average molecular weight is 399 g/mol. The topological polar surface area (TPSA) is 77.2 Å². The van der Waals surface area contributed by atoms with Crippen LogP contribution in [0.4, 0.5) is 5.82 Å². The number of hydrogen-bond donors (Lipinski definition) is 1. The maximum Gasteiger partial charge on any atom is 0.237 e. The SMILES string of the molecule is CCOc1ccc(-c2nonc2NC(=O)C(c2ccccc2)c2ccccc2)cc1. The highest BCUT2D eigenvalue weighted by Crippen LogP contribution is 2.30. The summed E-state index contributed by atoms with van der Waals surface area (Å²) in [5, 5.41) is 10.8. The highest BCUT2D eigenvalue weighted by Gasteiger charge is 2.25. The Morgan fingerprint density at radius 1 is 0.900 bits per heavy atom. The molecule has 0 spiro atoms. The van der Waals surface area contributed by atoms with E-state index in [4.69, 9.17) is 9.37 Å². The van der Waals surface area contributed by atoms with Crippen molar-refractivity contribution >= 4 is 11.7 Å². The van der Waals surface area contributed by atoms with Gasteiger partial charge in [0.1, 0.15) is 5.75 Å². The molecule has 30 heavy (non-hydrogen) atoms. The number of amides is 1. The fourth-order valence-electron chi connectivity index (χ4n) is 3.31. The first-order valence-corrected chi connectivity index (χ1v) is 9.73. The van der Waals surface area contributed by atoms with Gasteiger partial charge in [-0.3, -0.25) is 4.79 Å². The van der Waals surface area contributed by atoms with Crippen LogP contribution in [-0.2, 0) is 4.79 Å². The second-order valence-electron chi connectivity index (χ2n) is 6.66. The molecule has 4 aromatic rings. The van der Waals surface area contributed by atoms with Gasteiger partial charge in [-0.1, -0.05) is 60.7 Å². The van der Waals surface area contributed by atoms with Crippen molar-refractivity contribution in [2.24, 2.45) is 0 Å². The molecular weight excluding hydrogens is 378 g/mol. The van der Waals surface area contributed by atoms with Crippen LogP contribution < -0.4 is 10.1 Å². The van der Waals surface area contributed by atoms with Crippen molar-refractivity contribution in [2.75, 3.05) is 11.9 Å². The standard InChI is InChI=1S/C24H21N3O3/c1-2-29-20-15-13-19(14-16-20)22-23(27-30-26-22)25-24(28)21(17-9-5-3-6-10-17)18-11-7-4-8-12-18/h3-16,21H,2H2,1H3,(H,25,27,28). The van der Waals surface area contributed by atoms with Gasteiger partial charge in [0.2, 0.25) is 11.7 Å². The van der Waals surface area contributed by atoms with Gasteiger partial charge in [0.25, 0.3) is 0 Å². The van der Waals surface area contributed by atoms with Gasteiger partial charge in [0.05, 0.1) is 12.5 Å². The smallest absolute Gasteiger partial charge is 0.237 e. The molecule has 0 fully saturated rings. The van der Waals surface area contributed by atoms with E-state index in [1.807, 2.05) is 91.9 Å². The average Bonchev–Trinajstić information content (AvgIpc) is 3.24. The fraction of sp³-hybridized carbons (Fsp3) is 0.125. The molecule has 0 aliphatic carbocycles. The molecule has 0 atom stereocenters. The molecule has 0 bridgehead atoms. The minimum Gasteiger partial charge on any atom is -0.494 e. The lowest BCUT2D eigenvalue weighted by Crippen LogP contribution is -2.22. The fourth-order valence-corrected chi connectivity index (χ4v) is 3.31. The third-order valence-corrected chi connectivity index (χ3v) is 4.70. The molecule has 1 amide bonds. The number of benzene rings is 3. The van der Waals surface area contributed by atoms with E-state index in [1.165, 1.54) is 0 Å². The van der Waals surface area contributed by atoms with Crippen LogP contribution in [0.25, 0.3) is 11.3 Å². The number of rotatable bonds is 7. The summed E-state index contributed by atoms with van der Waals surface area (Å²) in [6.07, 6.45) is 0. The molecule has 4 rings (SSSR count). The first-order valence-electron chi connectivity index (χ1n) is 9.73. The van der Waals surface area contributed by atoms with Gasteiger partial charge in [-0.25, -0.2) is 4.63 Å². The Morgan fingerprint density at radius 3 is 2.07 bits per heavy atom. The third kappa shape index (κ3) is 4.22. The largest absolute Gasteiger partial charge is 0.494 e. The number of anilines is 1. The molecule has 0 aliphatic heterocycles. The van der Waals surface area contributed by atoms with Crippen LogP contribution in [-0.4, -0.2) is 22.8 Å². The maximum atomic E-state index is 13.3. The summed E-state index contributed by atoms with van der Waals surface area (Å²) >= 11 is 0. The molecule has 0 unspecified atom stereocenters. The van der Waals surface area contributed by atoms with E-state index in [1.54, 1.807) is 0 Å². The second-order valence-corrected chi connectivity index (χ2v) is 6.66. The molecule has 150 valence electrons. The number of nitrogens with zero attached hydrogens (tertiary/aromatic N) is 2. The summed E-state index contributed by atoms with van der Waals surface area (Å²) in [5.74, 6) is 0.338. The number of hydrogen-bond acceptors (Lipinski definition) is 5. The minimum absolute atomic E-state index is 0.213. The van der Waals surface area contributed by atoms with Gasteiger partial charge in [-0.15, -0.1) is 0 Å². The van der Waals surface area contributed by atoms with Crippen molar-refractivity contribution in [3.05, 3.63) is 96.1 Å². The predicted octanol–water partition coefficient (Wildman–Crippen LogP) is 4.91. The molecule has 6 nitrogen and oxygen atoms in total. The number of carbonyl (C=O) groups excluding carboxylic acids is 1. The van der Waals surface area contributed by atoms with E-state index in [0.29, 0.717) is 12.3 Å². The summed E-state index contributed by atoms with van der Waals surface area (Å²) in [6, 6.07) is 26.7. The van der Waals surface area contributed by atoms with Crippen LogP contribution in [0.5, 0.6) is 5.75 Å². The monoisotopic (exact) mass is 399 g/mol. The Morgan fingerprint density at radius 2 is 1.50 bits per heavy atom. The normalized spacial score (nSPS) is 10.7. The zero-order valence-corrected chi connectivity index (χ0v) is 16.5. The Hall–Kier alpha value is -3.93. The molecule has 0 saturated heterocycles. The lowest BCUT2D eigenvalue weighted by Gasteiger charge is -2.17. The van der Waals surface area contributed by atoms with E-state index in [-0.39, 0.29) is 11.7 Å². The van der Waals surface area contributed by atoms with Crippen molar-refractivity contribution in [2.45, 2.75) is 12.8 Å². The van der Waals surface area contributed by atoms with Crippen molar-refractivity contribution in [3.8, 4) is 17.0 Å². The number of carbonyl (C=O) groups is 1. The number of ether oxygens (including phenoxy) is 1. The molecule has 1 N–H and O–H groups in total. The molecule has 3 aromatic carbocycles. The zero-order chi connectivity index (χ0) is 20.8. The van der Waals surface area contributed by atoms with Gasteiger partial charge in [-0.2, -0.15) is 0 Å². The molecule has 0 saturated carbocycles. The van der Waals surface area contributed by atoms with E-state index >= 15 is 0 Å². The van der Waals surface area contributed by atoms with Gasteiger partial charge in [-0.05, 0) is 52.6 Å². The van der Waals surface area contributed by atoms with Gasteiger partial charge in [0.15, 0.2) is 5.69 Å². The highest BCUT2D eigenvalue weighted by atomic mass is 16.6. The van der Waals surface area contributed by atoms with E-state index in [2.05, 4.69) is 15.6 Å². The number of nitrogens with one attached hydrogen (secondary N) is 1. The molecule has 0 radical (unpaired) electrons. The van der Waals surface area contributed by atoms with Gasteiger partial charge < -0.3 is 10.1 Å². The molecule has 1 aromatic heterocycles. The van der Waals surface area contributed by atoms with Crippen LogP contribution in [0.1, 0.15) is 24.0 Å². The third-order valence-electron chi connectivity index (χ3n) is 4.70. The van der Waals surface area contributed by atoms with Crippen LogP contribution in [0.3, 0.4) is 0 Å². The van der Waals surface area contributed by atoms with E-state index < -0.39 is 5.92 Å². The van der Waals surface area contributed by atoms with Gasteiger partial charge >= 0.3 is 0 Å². The Balaban J connectivity index is 1.62. The Bertz CT molecular complexity index is 1050. The molecule has 0 aliphatic rings. The quantitative estimate of drug-likeness (QED) is 0.478. The van der Waals surface area contributed by atoms with Crippen molar-refractivity contribution < 1.29 is 14.2 Å². The van der Waals surface area contributed by atoms with Crippen molar-refractivity contribution in [3.63, 3.8) is 0 Å². The highest BCUT2D eigenvalue weighted by molar-refractivity contribution is 5.99. The molecule has 6 heteroatoms. The maximum absolute atomic E-state index is 13.3. The molecular formula is C24H21N3O3. The van der Waals surface area contributed by atoms with E-state index in [9.17, 15) is 4.79 Å². The number of aromatic nitrogens is 2.